The quantitative estimate of drug-likeness (QED) is 0.323. The Labute approximate surface area is 210 Å². The Balaban J connectivity index is 1.73. The van der Waals surface area contributed by atoms with Crippen molar-refractivity contribution in [2.45, 2.75) is 46.6 Å². The minimum Gasteiger partial charge on any atom is -0.486 e. The molecule has 0 atom stereocenters. The molecule has 0 N–H and O–H groups in total. The zero-order valence-corrected chi connectivity index (χ0v) is 21.7. The van der Waals surface area contributed by atoms with Crippen LogP contribution in [0, 0.1) is 13.8 Å². The van der Waals surface area contributed by atoms with Crippen LogP contribution >= 0.6 is 27.5 Å². The molecule has 0 aliphatic rings. The summed E-state index contributed by atoms with van der Waals surface area (Å²) in [6, 6.07) is 5.29. The summed E-state index contributed by atoms with van der Waals surface area (Å²) in [5.74, 6) is 1.64. The number of hydrogen-bond donors (Lipinski definition) is 0. The van der Waals surface area contributed by atoms with Crippen molar-refractivity contribution in [1.82, 2.24) is 24.5 Å². The van der Waals surface area contributed by atoms with Crippen LogP contribution in [-0.4, -0.2) is 24.5 Å². The molecule has 0 unspecified atom stereocenters. The van der Waals surface area contributed by atoms with Gasteiger partial charge in [-0.15, -0.1) is 0 Å². The molecule has 4 aromatic rings. The molecule has 0 amide bonds. The summed E-state index contributed by atoms with van der Waals surface area (Å²) in [5.41, 5.74) is 2.45. The van der Waals surface area contributed by atoms with Crippen LogP contribution in [0.1, 0.15) is 43.9 Å². The Morgan fingerprint density at radius 2 is 1.91 bits per heavy atom. The molecule has 0 aromatic carbocycles. The van der Waals surface area contributed by atoms with Gasteiger partial charge < -0.3 is 9.15 Å². The zero-order chi connectivity index (χ0) is 24.6. The minimum absolute atomic E-state index is 0.169. The summed E-state index contributed by atoms with van der Waals surface area (Å²) in [4.78, 5) is 31.0. The predicted octanol–water partition coefficient (Wildman–Crippen LogP) is 5.59. The molecule has 0 aliphatic carbocycles. The lowest BCUT2D eigenvalue weighted by Gasteiger charge is -2.17. The summed E-state index contributed by atoms with van der Waals surface area (Å²) >= 11 is 9.86. The molecule has 8 nitrogen and oxygen atoms in total. The highest BCUT2D eigenvalue weighted by atomic mass is 79.9. The van der Waals surface area contributed by atoms with Gasteiger partial charge in [0.15, 0.2) is 5.89 Å². The van der Waals surface area contributed by atoms with Gasteiger partial charge in [0, 0.05) is 36.5 Å². The van der Waals surface area contributed by atoms with Crippen LogP contribution in [-0.2, 0) is 12.0 Å². The van der Waals surface area contributed by atoms with E-state index >= 15 is 0 Å². The third-order valence-electron chi connectivity index (χ3n) is 5.01. The molecule has 0 saturated heterocycles. The van der Waals surface area contributed by atoms with E-state index in [2.05, 4.69) is 35.9 Å². The van der Waals surface area contributed by atoms with Crippen molar-refractivity contribution in [3.63, 3.8) is 0 Å². The van der Waals surface area contributed by atoms with E-state index in [0.29, 0.717) is 51.0 Å². The second-order valence-electron chi connectivity index (χ2n) is 8.79. The van der Waals surface area contributed by atoms with Crippen LogP contribution in [0.15, 0.2) is 50.5 Å². The fourth-order valence-corrected chi connectivity index (χ4v) is 3.91. The SMILES string of the molecule is Cc1nc(COc2cc(C)n(-c3cc(-c4ccnc(C(C)(C)C)n4)ncc3Cl)c(=O)c2Br)co1. The van der Waals surface area contributed by atoms with Gasteiger partial charge in [-0.3, -0.25) is 14.3 Å². The smallest absolute Gasteiger partial charge is 0.273 e. The molecule has 0 fully saturated rings. The van der Waals surface area contributed by atoms with E-state index in [1.54, 1.807) is 38.2 Å². The molecular formula is C24H23BrClN5O3. The number of rotatable bonds is 5. The Morgan fingerprint density at radius 3 is 2.59 bits per heavy atom. The number of pyridine rings is 2. The fraction of sp³-hybridized carbons (Fsp3) is 0.292. The average molecular weight is 545 g/mol. The molecule has 10 heteroatoms. The van der Waals surface area contributed by atoms with Crippen molar-refractivity contribution in [3.05, 3.63) is 79.8 Å². The zero-order valence-electron chi connectivity index (χ0n) is 19.4. The highest BCUT2D eigenvalue weighted by Crippen LogP contribution is 2.29. The van der Waals surface area contributed by atoms with Gasteiger partial charge in [0.1, 0.15) is 34.6 Å². The van der Waals surface area contributed by atoms with E-state index in [1.807, 2.05) is 20.8 Å². The standard InChI is InChI=1S/C24H23BrClN5O3/c1-13-8-20(34-12-15-11-33-14(2)29-15)21(25)22(32)31(13)19-9-18(28-10-16(19)26)17-6-7-27-23(30-17)24(3,4)5/h6-11H,12H2,1-5H3. The van der Waals surface area contributed by atoms with Gasteiger partial charge in [0.25, 0.3) is 5.56 Å². The molecule has 0 spiro atoms. The van der Waals surface area contributed by atoms with Crippen LogP contribution in [0.4, 0.5) is 0 Å². The second-order valence-corrected chi connectivity index (χ2v) is 9.99. The molecule has 34 heavy (non-hydrogen) atoms. The van der Waals surface area contributed by atoms with Gasteiger partial charge in [0.05, 0.1) is 22.1 Å². The van der Waals surface area contributed by atoms with Crippen molar-refractivity contribution in [2.75, 3.05) is 0 Å². The van der Waals surface area contributed by atoms with Gasteiger partial charge in [-0.25, -0.2) is 15.0 Å². The lowest BCUT2D eigenvalue weighted by atomic mass is 9.95. The van der Waals surface area contributed by atoms with Crippen molar-refractivity contribution >= 4 is 27.5 Å². The van der Waals surface area contributed by atoms with Crippen LogP contribution in [0.3, 0.4) is 0 Å². The van der Waals surface area contributed by atoms with Gasteiger partial charge in [-0.1, -0.05) is 32.4 Å². The van der Waals surface area contributed by atoms with Crippen molar-refractivity contribution in [2.24, 2.45) is 0 Å². The first kappa shape index (κ1) is 24.1. The maximum absolute atomic E-state index is 13.3. The van der Waals surface area contributed by atoms with Gasteiger partial charge >= 0.3 is 0 Å². The van der Waals surface area contributed by atoms with E-state index in [-0.39, 0.29) is 22.1 Å². The number of oxazole rings is 1. The van der Waals surface area contributed by atoms with Crippen molar-refractivity contribution in [1.29, 1.82) is 0 Å². The number of nitrogens with zero attached hydrogens (tertiary/aromatic N) is 5. The Hall–Kier alpha value is -3.04. The highest BCUT2D eigenvalue weighted by molar-refractivity contribution is 9.10. The van der Waals surface area contributed by atoms with Crippen molar-refractivity contribution < 1.29 is 9.15 Å². The summed E-state index contributed by atoms with van der Waals surface area (Å²) in [5, 5.41) is 0.331. The first-order valence-corrected chi connectivity index (χ1v) is 11.7. The summed E-state index contributed by atoms with van der Waals surface area (Å²) < 4.78 is 12.8. The molecule has 4 aromatic heterocycles. The molecule has 0 saturated carbocycles. The molecule has 4 heterocycles. The lowest BCUT2D eigenvalue weighted by molar-refractivity contribution is 0.297. The number of aromatic nitrogens is 5. The van der Waals surface area contributed by atoms with E-state index < -0.39 is 0 Å². The number of ether oxygens (including phenoxy) is 1. The summed E-state index contributed by atoms with van der Waals surface area (Å²) in [7, 11) is 0. The Bertz CT molecular complexity index is 1430. The first-order valence-electron chi connectivity index (χ1n) is 10.5. The molecule has 0 aliphatic heterocycles. The summed E-state index contributed by atoms with van der Waals surface area (Å²) in [6.45, 7) is 9.85. The van der Waals surface area contributed by atoms with E-state index in [0.717, 1.165) is 0 Å². The molecule has 0 radical (unpaired) electrons. The third-order valence-corrected chi connectivity index (χ3v) is 6.03. The highest BCUT2D eigenvalue weighted by Gasteiger charge is 2.20. The molecule has 4 rings (SSSR count). The van der Waals surface area contributed by atoms with E-state index in [1.165, 1.54) is 17.0 Å². The maximum Gasteiger partial charge on any atom is 0.273 e. The Kier molecular flexibility index (Phi) is 6.60. The van der Waals surface area contributed by atoms with E-state index in [4.69, 9.17) is 20.8 Å². The second kappa shape index (κ2) is 9.31. The summed E-state index contributed by atoms with van der Waals surface area (Å²) in [6.07, 6.45) is 4.74. The van der Waals surface area contributed by atoms with Crippen LogP contribution in [0.2, 0.25) is 5.02 Å². The van der Waals surface area contributed by atoms with Gasteiger partial charge in [-0.05, 0) is 35.0 Å². The fourth-order valence-electron chi connectivity index (χ4n) is 3.31. The molecule has 176 valence electrons. The van der Waals surface area contributed by atoms with Crippen molar-refractivity contribution in [3.8, 4) is 22.8 Å². The predicted molar refractivity (Wildman–Crippen MR) is 133 cm³/mol. The molecule has 0 bridgehead atoms. The normalized spacial score (nSPS) is 11.6. The van der Waals surface area contributed by atoms with Gasteiger partial charge in [0.2, 0.25) is 0 Å². The van der Waals surface area contributed by atoms with Gasteiger partial charge in [-0.2, -0.15) is 0 Å². The lowest BCUT2D eigenvalue weighted by Crippen LogP contribution is -2.22. The number of halogens is 2. The number of aryl methyl sites for hydroxylation is 2. The molecular weight excluding hydrogens is 522 g/mol. The monoisotopic (exact) mass is 543 g/mol. The maximum atomic E-state index is 13.3. The van der Waals surface area contributed by atoms with Crippen LogP contribution in [0.5, 0.6) is 5.75 Å². The third kappa shape index (κ3) is 4.90. The largest absolute Gasteiger partial charge is 0.486 e. The van der Waals surface area contributed by atoms with Crippen LogP contribution in [0.25, 0.3) is 17.1 Å². The topological polar surface area (TPSA) is 95.9 Å². The number of hydrogen-bond acceptors (Lipinski definition) is 7. The first-order chi connectivity index (χ1) is 16.0. The Morgan fingerprint density at radius 1 is 1.15 bits per heavy atom. The van der Waals surface area contributed by atoms with Crippen LogP contribution < -0.4 is 10.3 Å². The average Bonchev–Trinajstić information content (AvgIpc) is 3.21. The van der Waals surface area contributed by atoms with E-state index in [9.17, 15) is 4.79 Å². The minimum atomic E-state index is -0.316.